The minimum Gasteiger partial charge on any atom is -0.379 e. The van der Waals surface area contributed by atoms with Crippen LogP contribution in [0.5, 0.6) is 0 Å². The predicted molar refractivity (Wildman–Crippen MR) is 83.8 cm³/mol. The summed E-state index contributed by atoms with van der Waals surface area (Å²) in [6, 6.07) is 8.93. The number of methoxy groups -OCH3 is 1. The van der Waals surface area contributed by atoms with Crippen molar-refractivity contribution in [3.63, 3.8) is 0 Å². The molecule has 1 aromatic carbocycles. The Morgan fingerprint density at radius 3 is 2.40 bits per heavy atom. The van der Waals surface area contributed by atoms with E-state index < -0.39 is 0 Å². The van der Waals surface area contributed by atoms with Crippen molar-refractivity contribution in [2.45, 2.75) is 58.9 Å². The van der Waals surface area contributed by atoms with Gasteiger partial charge in [0.05, 0.1) is 12.2 Å². The van der Waals surface area contributed by atoms with Crippen LogP contribution in [0.1, 0.15) is 45.2 Å². The smallest absolute Gasteiger partial charge is 0.0720 e. The number of hydrogen-bond donors (Lipinski definition) is 1. The Labute approximate surface area is 123 Å². The van der Waals surface area contributed by atoms with Crippen LogP contribution in [0.2, 0.25) is 0 Å². The highest BCUT2D eigenvalue weighted by Gasteiger charge is 2.15. The molecule has 0 unspecified atom stereocenters. The van der Waals surface area contributed by atoms with E-state index in [-0.39, 0.29) is 5.60 Å². The van der Waals surface area contributed by atoms with Crippen molar-refractivity contribution in [2.24, 2.45) is 0 Å². The maximum Gasteiger partial charge on any atom is 0.0720 e. The van der Waals surface area contributed by atoms with E-state index in [1.807, 2.05) is 0 Å². The zero-order chi connectivity index (χ0) is 15.0. The molecule has 3 heteroatoms. The Bertz CT molecular complexity index is 388. The number of rotatable bonds is 9. The molecule has 0 aliphatic carbocycles. The van der Waals surface area contributed by atoms with E-state index in [0.717, 1.165) is 13.0 Å². The first-order valence-electron chi connectivity index (χ1n) is 7.37. The number of ether oxygens (including phenoxy) is 2. The SMILES string of the molecule is COC(C)(C)CCOCc1ccccc1CNC(C)C. The van der Waals surface area contributed by atoms with E-state index in [0.29, 0.717) is 19.3 Å². The predicted octanol–water partition coefficient (Wildman–Crippen LogP) is 3.52. The summed E-state index contributed by atoms with van der Waals surface area (Å²) in [7, 11) is 1.74. The van der Waals surface area contributed by atoms with Gasteiger partial charge in [0, 0.05) is 26.3 Å². The van der Waals surface area contributed by atoms with Crippen LogP contribution in [0.4, 0.5) is 0 Å². The van der Waals surface area contributed by atoms with Crippen molar-refractivity contribution in [3.05, 3.63) is 35.4 Å². The van der Waals surface area contributed by atoms with Crippen molar-refractivity contribution in [1.82, 2.24) is 5.32 Å². The highest BCUT2D eigenvalue weighted by Crippen LogP contribution is 2.14. The van der Waals surface area contributed by atoms with Crippen LogP contribution in [0, 0.1) is 0 Å². The van der Waals surface area contributed by atoms with Gasteiger partial charge < -0.3 is 14.8 Å². The van der Waals surface area contributed by atoms with Gasteiger partial charge in [0.25, 0.3) is 0 Å². The molecular weight excluding hydrogens is 250 g/mol. The third kappa shape index (κ3) is 6.51. The van der Waals surface area contributed by atoms with Crippen LogP contribution >= 0.6 is 0 Å². The summed E-state index contributed by atoms with van der Waals surface area (Å²) in [5.74, 6) is 0. The van der Waals surface area contributed by atoms with Crippen LogP contribution in [-0.2, 0) is 22.6 Å². The summed E-state index contributed by atoms with van der Waals surface area (Å²) >= 11 is 0. The lowest BCUT2D eigenvalue weighted by atomic mass is 10.1. The van der Waals surface area contributed by atoms with Crippen LogP contribution in [-0.4, -0.2) is 25.4 Å². The highest BCUT2D eigenvalue weighted by atomic mass is 16.5. The fraction of sp³-hybridized carbons (Fsp3) is 0.647. The molecule has 0 amide bonds. The van der Waals surface area contributed by atoms with Gasteiger partial charge in [0.15, 0.2) is 0 Å². The lowest BCUT2D eigenvalue weighted by molar-refractivity contribution is -0.0125. The molecule has 0 aromatic heterocycles. The zero-order valence-corrected chi connectivity index (χ0v) is 13.5. The first kappa shape index (κ1) is 17.2. The fourth-order valence-electron chi connectivity index (χ4n) is 1.79. The Morgan fingerprint density at radius 2 is 1.80 bits per heavy atom. The largest absolute Gasteiger partial charge is 0.379 e. The number of hydrogen-bond acceptors (Lipinski definition) is 3. The van der Waals surface area contributed by atoms with Crippen LogP contribution in [0.15, 0.2) is 24.3 Å². The van der Waals surface area contributed by atoms with Gasteiger partial charge >= 0.3 is 0 Å². The van der Waals surface area contributed by atoms with Crippen LogP contribution in [0.3, 0.4) is 0 Å². The van der Waals surface area contributed by atoms with E-state index in [4.69, 9.17) is 9.47 Å². The lowest BCUT2D eigenvalue weighted by Gasteiger charge is -2.22. The molecule has 0 bridgehead atoms. The van der Waals surface area contributed by atoms with Crippen LogP contribution in [0.25, 0.3) is 0 Å². The average molecular weight is 279 g/mol. The summed E-state index contributed by atoms with van der Waals surface area (Å²) in [5, 5.41) is 3.45. The molecule has 0 fully saturated rings. The van der Waals surface area contributed by atoms with Gasteiger partial charge in [-0.1, -0.05) is 38.1 Å². The maximum atomic E-state index is 5.80. The second-order valence-corrected chi connectivity index (χ2v) is 6.07. The van der Waals surface area contributed by atoms with Gasteiger partial charge in [-0.25, -0.2) is 0 Å². The van der Waals surface area contributed by atoms with Crippen molar-refractivity contribution in [3.8, 4) is 0 Å². The summed E-state index contributed by atoms with van der Waals surface area (Å²) in [6.45, 7) is 10.7. The highest BCUT2D eigenvalue weighted by molar-refractivity contribution is 5.26. The summed E-state index contributed by atoms with van der Waals surface area (Å²) in [5.41, 5.74) is 2.46. The van der Waals surface area contributed by atoms with Crippen molar-refractivity contribution in [1.29, 1.82) is 0 Å². The second-order valence-electron chi connectivity index (χ2n) is 6.07. The summed E-state index contributed by atoms with van der Waals surface area (Å²) in [6.07, 6.45) is 0.899. The monoisotopic (exact) mass is 279 g/mol. The van der Waals surface area contributed by atoms with Crippen molar-refractivity contribution >= 4 is 0 Å². The minimum absolute atomic E-state index is 0.112. The Morgan fingerprint density at radius 1 is 1.15 bits per heavy atom. The molecule has 0 spiro atoms. The molecule has 114 valence electrons. The van der Waals surface area contributed by atoms with Crippen molar-refractivity contribution in [2.75, 3.05) is 13.7 Å². The normalized spacial score (nSPS) is 12.1. The zero-order valence-electron chi connectivity index (χ0n) is 13.5. The lowest BCUT2D eigenvalue weighted by Crippen LogP contribution is -2.24. The third-order valence-corrected chi connectivity index (χ3v) is 3.48. The summed E-state index contributed by atoms with van der Waals surface area (Å²) in [4.78, 5) is 0. The Hall–Kier alpha value is -0.900. The molecule has 0 aliphatic rings. The van der Waals surface area contributed by atoms with Gasteiger partial charge in [0.2, 0.25) is 0 Å². The van der Waals surface area contributed by atoms with E-state index in [9.17, 15) is 0 Å². The second kappa shape index (κ2) is 8.40. The standard InChI is InChI=1S/C17H29NO2/c1-14(2)18-12-15-8-6-7-9-16(15)13-20-11-10-17(3,4)19-5/h6-9,14,18H,10-13H2,1-5H3. The Kier molecular flexibility index (Phi) is 7.20. The quantitative estimate of drug-likeness (QED) is 0.702. The fourth-order valence-corrected chi connectivity index (χ4v) is 1.79. The molecule has 0 atom stereocenters. The first-order valence-corrected chi connectivity index (χ1v) is 7.37. The molecule has 20 heavy (non-hydrogen) atoms. The molecule has 0 saturated heterocycles. The van der Waals surface area contributed by atoms with Gasteiger partial charge in [-0.15, -0.1) is 0 Å². The Balaban J connectivity index is 2.43. The van der Waals surface area contributed by atoms with E-state index in [1.54, 1.807) is 7.11 Å². The molecule has 3 nitrogen and oxygen atoms in total. The first-order chi connectivity index (χ1) is 9.44. The minimum atomic E-state index is -0.112. The molecule has 0 aliphatic heterocycles. The molecule has 1 N–H and O–H groups in total. The van der Waals surface area contributed by atoms with Gasteiger partial charge in [0.1, 0.15) is 0 Å². The van der Waals surface area contributed by atoms with Crippen molar-refractivity contribution < 1.29 is 9.47 Å². The van der Waals surface area contributed by atoms with Gasteiger partial charge in [-0.2, -0.15) is 0 Å². The van der Waals surface area contributed by atoms with E-state index in [1.165, 1.54) is 11.1 Å². The third-order valence-electron chi connectivity index (χ3n) is 3.48. The van der Waals surface area contributed by atoms with Gasteiger partial charge in [-0.05, 0) is 31.4 Å². The topological polar surface area (TPSA) is 30.5 Å². The van der Waals surface area contributed by atoms with E-state index in [2.05, 4.69) is 57.3 Å². The maximum absolute atomic E-state index is 5.80. The molecule has 1 aromatic rings. The molecule has 0 heterocycles. The average Bonchev–Trinajstić information content (AvgIpc) is 2.42. The molecule has 1 rings (SSSR count). The number of benzene rings is 1. The van der Waals surface area contributed by atoms with E-state index >= 15 is 0 Å². The van der Waals surface area contributed by atoms with Gasteiger partial charge in [-0.3, -0.25) is 0 Å². The van der Waals surface area contributed by atoms with Crippen LogP contribution < -0.4 is 5.32 Å². The number of nitrogens with one attached hydrogen (secondary N) is 1. The molecule has 0 radical (unpaired) electrons. The summed E-state index contributed by atoms with van der Waals surface area (Å²) < 4.78 is 11.2. The molecular formula is C17H29NO2. The molecule has 0 saturated carbocycles.